The maximum absolute atomic E-state index is 13.0. The molecule has 0 bridgehead atoms. The zero-order valence-electron chi connectivity index (χ0n) is 14.7. The van der Waals surface area contributed by atoms with E-state index in [4.69, 9.17) is 14.6 Å². The lowest BCUT2D eigenvalue weighted by Crippen LogP contribution is -2.39. The summed E-state index contributed by atoms with van der Waals surface area (Å²) < 4.78 is 12.3. The number of hydrogen-bond acceptors (Lipinski definition) is 5. The minimum Gasteiger partial charge on any atom is -0.496 e. The van der Waals surface area contributed by atoms with Gasteiger partial charge in [-0.15, -0.1) is 0 Å². The third-order valence-electron chi connectivity index (χ3n) is 4.62. The van der Waals surface area contributed by atoms with E-state index >= 15 is 0 Å². The van der Waals surface area contributed by atoms with Crippen LogP contribution < -0.4 is 9.47 Å². The van der Waals surface area contributed by atoms with Crippen LogP contribution in [0.2, 0.25) is 0 Å². The zero-order chi connectivity index (χ0) is 18.7. The molecule has 0 radical (unpaired) electrons. The van der Waals surface area contributed by atoms with Gasteiger partial charge in [-0.1, -0.05) is 6.07 Å². The number of carboxylic acids is 1. The Morgan fingerprint density at radius 1 is 1.15 bits per heavy atom. The van der Waals surface area contributed by atoms with E-state index < -0.39 is 5.97 Å². The summed E-state index contributed by atoms with van der Waals surface area (Å²) in [7, 11) is 3.05. The van der Waals surface area contributed by atoms with E-state index in [1.807, 2.05) is 0 Å². The average Bonchev–Trinajstić information content (AvgIpc) is 3.17. The summed E-state index contributed by atoms with van der Waals surface area (Å²) >= 11 is 0. The van der Waals surface area contributed by atoms with Crippen LogP contribution in [-0.4, -0.2) is 59.0 Å². The molecule has 0 spiro atoms. The van der Waals surface area contributed by atoms with Gasteiger partial charge in [0.15, 0.2) is 0 Å². The SMILES string of the molecule is COc1cccc(OC)c1C(=O)N1CCC(n2cc(C(=O)O)cn2)CC1. The predicted molar refractivity (Wildman–Crippen MR) is 92.9 cm³/mol. The van der Waals surface area contributed by atoms with Gasteiger partial charge < -0.3 is 19.5 Å². The molecule has 0 atom stereocenters. The van der Waals surface area contributed by atoms with Gasteiger partial charge in [-0.3, -0.25) is 9.48 Å². The number of aromatic nitrogens is 2. The van der Waals surface area contributed by atoms with E-state index in [1.54, 1.807) is 27.8 Å². The van der Waals surface area contributed by atoms with Crippen LogP contribution in [-0.2, 0) is 0 Å². The van der Waals surface area contributed by atoms with Crippen molar-refractivity contribution in [2.45, 2.75) is 18.9 Å². The molecule has 1 amide bonds. The Balaban J connectivity index is 1.72. The molecule has 138 valence electrons. The number of carbonyl (C=O) groups is 2. The molecule has 1 N–H and O–H groups in total. The Bertz CT molecular complexity index is 787. The van der Waals surface area contributed by atoms with Crippen LogP contribution in [0.25, 0.3) is 0 Å². The molecule has 8 heteroatoms. The van der Waals surface area contributed by atoms with E-state index in [0.717, 1.165) is 0 Å². The van der Waals surface area contributed by atoms with Crippen LogP contribution >= 0.6 is 0 Å². The highest BCUT2D eigenvalue weighted by Crippen LogP contribution is 2.31. The summed E-state index contributed by atoms with van der Waals surface area (Å²) in [4.78, 5) is 25.7. The number of aromatic carboxylic acids is 1. The first-order chi connectivity index (χ1) is 12.5. The van der Waals surface area contributed by atoms with Gasteiger partial charge in [-0.2, -0.15) is 5.10 Å². The second kappa shape index (κ2) is 7.47. The molecule has 26 heavy (non-hydrogen) atoms. The predicted octanol–water partition coefficient (Wildman–Crippen LogP) is 2.08. The van der Waals surface area contributed by atoms with Gasteiger partial charge in [0, 0.05) is 19.3 Å². The summed E-state index contributed by atoms with van der Waals surface area (Å²) in [5.41, 5.74) is 0.588. The molecule has 1 aliphatic heterocycles. The number of likely N-dealkylation sites (tertiary alicyclic amines) is 1. The second-order valence-corrected chi connectivity index (χ2v) is 6.08. The molecule has 2 aromatic rings. The van der Waals surface area contributed by atoms with E-state index in [2.05, 4.69) is 5.10 Å². The van der Waals surface area contributed by atoms with Gasteiger partial charge in [0.2, 0.25) is 0 Å². The van der Waals surface area contributed by atoms with Crippen molar-refractivity contribution in [1.29, 1.82) is 0 Å². The van der Waals surface area contributed by atoms with E-state index in [1.165, 1.54) is 26.6 Å². The smallest absolute Gasteiger partial charge is 0.338 e. The molecule has 1 aliphatic rings. The van der Waals surface area contributed by atoms with E-state index in [9.17, 15) is 9.59 Å². The number of amides is 1. The number of carbonyl (C=O) groups excluding carboxylic acids is 1. The molecule has 8 nitrogen and oxygen atoms in total. The average molecular weight is 359 g/mol. The van der Waals surface area contributed by atoms with Crippen molar-refractivity contribution in [3.05, 3.63) is 41.7 Å². The Morgan fingerprint density at radius 2 is 1.77 bits per heavy atom. The van der Waals surface area contributed by atoms with Gasteiger partial charge >= 0.3 is 5.97 Å². The Morgan fingerprint density at radius 3 is 2.27 bits per heavy atom. The lowest BCUT2D eigenvalue weighted by Gasteiger charge is -2.32. The highest BCUT2D eigenvalue weighted by Gasteiger charge is 2.29. The van der Waals surface area contributed by atoms with Crippen molar-refractivity contribution < 1.29 is 24.2 Å². The fourth-order valence-corrected chi connectivity index (χ4v) is 3.20. The lowest BCUT2D eigenvalue weighted by atomic mass is 10.0. The number of ether oxygens (including phenoxy) is 2. The first-order valence-electron chi connectivity index (χ1n) is 8.33. The first-order valence-corrected chi connectivity index (χ1v) is 8.33. The molecule has 1 fully saturated rings. The second-order valence-electron chi connectivity index (χ2n) is 6.08. The largest absolute Gasteiger partial charge is 0.496 e. The number of carboxylic acid groups (broad SMARTS) is 1. The molecule has 0 saturated carbocycles. The van der Waals surface area contributed by atoms with Crippen molar-refractivity contribution >= 4 is 11.9 Å². The molecular formula is C18H21N3O5. The quantitative estimate of drug-likeness (QED) is 0.878. The number of piperidine rings is 1. The van der Waals surface area contributed by atoms with E-state index in [-0.39, 0.29) is 17.5 Å². The van der Waals surface area contributed by atoms with Crippen LogP contribution in [0.4, 0.5) is 0 Å². The van der Waals surface area contributed by atoms with Gasteiger partial charge in [0.1, 0.15) is 17.1 Å². The molecule has 3 rings (SSSR count). The molecular weight excluding hydrogens is 338 g/mol. The van der Waals surface area contributed by atoms with Crippen LogP contribution in [0.15, 0.2) is 30.6 Å². The van der Waals surface area contributed by atoms with Gasteiger partial charge in [-0.05, 0) is 25.0 Å². The standard InChI is InChI=1S/C18H21N3O5/c1-25-14-4-3-5-15(26-2)16(14)17(22)20-8-6-13(7-9-20)21-11-12(10-19-21)18(23)24/h3-5,10-11,13H,6-9H2,1-2H3,(H,23,24). The molecule has 0 aliphatic carbocycles. The third-order valence-corrected chi connectivity index (χ3v) is 4.62. The van der Waals surface area contributed by atoms with Gasteiger partial charge in [-0.25, -0.2) is 4.79 Å². The number of benzene rings is 1. The Hall–Kier alpha value is -3.03. The third kappa shape index (κ3) is 3.35. The summed E-state index contributed by atoms with van der Waals surface area (Å²) in [5.74, 6) is -0.166. The number of nitrogens with zero attached hydrogens (tertiary/aromatic N) is 3. The molecule has 1 saturated heterocycles. The van der Waals surface area contributed by atoms with Gasteiger partial charge in [0.05, 0.1) is 32.0 Å². The minimum absolute atomic E-state index is 0.0757. The van der Waals surface area contributed by atoms with Crippen LogP contribution in [0.1, 0.15) is 39.6 Å². The Labute approximate surface area is 150 Å². The van der Waals surface area contributed by atoms with Crippen molar-refractivity contribution in [2.24, 2.45) is 0 Å². The van der Waals surface area contributed by atoms with Crippen molar-refractivity contribution in [1.82, 2.24) is 14.7 Å². The fourth-order valence-electron chi connectivity index (χ4n) is 3.20. The minimum atomic E-state index is -0.993. The maximum atomic E-state index is 13.0. The number of hydrogen-bond donors (Lipinski definition) is 1. The summed E-state index contributed by atoms with van der Waals surface area (Å²) in [6, 6.07) is 5.32. The van der Waals surface area contributed by atoms with Crippen molar-refractivity contribution in [3.8, 4) is 11.5 Å². The summed E-state index contributed by atoms with van der Waals surface area (Å²) in [5, 5.41) is 13.1. The fraction of sp³-hybridized carbons (Fsp3) is 0.389. The van der Waals surface area contributed by atoms with E-state index in [0.29, 0.717) is 43.0 Å². The van der Waals surface area contributed by atoms with Crippen molar-refractivity contribution in [2.75, 3.05) is 27.3 Å². The number of rotatable bonds is 5. The highest BCUT2D eigenvalue weighted by molar-refractivity contribution is 5.99. The molecule has 2 heterocycles. The normalized spacial score (nSPS) is 14.9. The maximum Gasteiger partial charge on any atom is 0.338 e. The van der Waals surface area contributed by atoms with Crippen LogP contribution in [0, 0.1) is 0 Å². The summed E-state index contributed by atoms with van der Waals surface area (Å²) in [6.45, 7) is 1.10. The number of methoxy groups -OCH3 is 2. The Kier molecular flexibility index (Phi) is 5.11. The zero-order valence-corrected chi connectivity index (χ0v) is 14.7. The molecule has 1 aromatic carbocycles. The molecule has 0 unspecified atom stereocenters. The monoisotopic (exact) mass is 359 g/mol. The highest BCUT2D eigenvalue weighted by atomic mass is 16.5. The topological polar surface area (TPSA) is 93.9 Å². The van der Waals surface area contributed by atoms with Crippen LogP contribution in [0.5, 0.6) is 11.5 Å². The molecule has 1 aromatic heterocycles. The van der Waals surface area contributed by atoms with Crippen molar-refractivity contribution in [3.63, 3.8) is 0 Å². The first kappa shape index (κ1) is 17.8. The van der Waals surface area contributed by atoms with Gasteiger partial charge in [0.25, 0.3) is 5.91 Å². The van der Waals surface area contributed by atoms with Crippen LogP contribution in [0.3, 0.4) is 0 Å². The lowest BCUT2D eigenvalue weighted by molar-refractivity contribution is 0.0682. The summed E-state index contributed by atoms with van der Waals surface area (Å²) in [6.07, 6.45) is 4.28.